The quantitative estimate of drug-likeness (QED) is 0.607. The summed E-state index contributed by atoms with van der Waals surface area (Å²) in [6, 6.07) is 9.32. The number of rotatable bonds is 6. The predicted molar refractivity (Wildman–Crippen MR) is 86.5 cm³/mol. The molecule has 0 aliphatic heterocycles. The second-order valence-electron chi connectivity index (χ2n) is 6.94. The Morgan fingerprint density at radius 3 is 2.65 bits per heavy atom. The summed E-state index contributed by atoms with van der Waals surface area (Å²) in [5.74, 6) is 7.97. The lowest BCUT2D eigenvalue weighted by atomic mass is 9.76. The molecule has 1 aliphatic carbocycles. The maximum Gasteiger partial charge on any atom is 0.0281 e. The van der Waals surface area contributed by atoms with E-state index >= 15 is 0 Å². The van der Waals surface area contributed by atoms with Crippen LogP contribution >= 0.6 is 0 Å². The van der Waals surface area contributed by atoms with Gasteiger partial charge in [-0.05, 0) is 55.1 Å². The average Bonchev–Trinajstić information content (AvgIpc) is 2.43. The molecule has 1 aromatic carbocycles. The first kappa shape index (κ1) is 15.5. The van der Waals surface area contributed by atoms with Crippen LogP contribution in [0.15, 0.2) is 24.3 Å². The van der Waals surface area contributed by atoms with Crippen LogP contribution < -0.4 is 11.3 Å². The maximum atomic E-state index is 5.89. The van der Waals surface area contributed by atoms with E-state index in [9.17, 15) is 0 Å². The fourth-order valence-electron chi connectivity index (χ4n) is 3.89. The number of benzene rings is 1. The number of nitrogens with one attached hydrogen (secondary N) is 1. The van der Waals surface area contributed by atoms with Crippen molar-refractivity contribution >= 4 is 0 Å². The molecule has 1 aliphatic rings. The Kier molecular flexibility index (Phi) is 5.62. The van der Waals surface area contributed by atoms with Crippen molar-refractivity contribution in [3.63, 3.8) is 0 Å². The van der Waals surface area contributed by atoms with Crippen molar-refractivity contribution in [2.75, 3.05) is 0 Å². The van der Waals surface area contributed by atoms with Gasteiger partial charge in [0.2, 0.25) is 0 Å². The molecule has 2 heteroatoms. The van der Waals surface area contributed by atoms with Gasteiger partial charge in [-0.15, -0.1) is 0 Å². The summed E-state index contributed by atoms with van der Waals surface area (Å²) in [4.78, 5) is 0. The minimum Gasteiger partial charge on any atom is -0.271 e. The van der Waals surface area contributed by atoms with Gasteiger partial charge in [0, 0.05) is 12.0 Å². The van der Waals surface area contributed by atoms with Crippen molar-refractivity contribution in [1.29, 1.82) is 0 Å². The van der Waals surface area contributed by atoms with Crippen LogP contribution in [0.4, 0.5) is 0 Å². The van der Waals surface area contributed by atoms with Gasteiger partial charge in [0.05, 0.1) is 0 Å². The SMILES string of the molecule is CC(C)CC(C)CC(NN)C1CCCc2ccccc21. The third-order valence-corrected chi connectivity index (χ3v) is 4.65. The third kappa shape index (κ3) is 3.83. The second kappa shape index (κ2) is 7.24. The van der Waals surface area contributed by atoms with Gasteiger partial charge in [-0.25, -0.2) is 0 Å². The van der Waals surface area contributed by atoms with E-state index in [2.05, 4.69) is 50.5 Å². The van der Waals surface area contributed by atoms with E-state index in [1.807, 2.05) is 0 Å². The van der Waals surface area contributed by atoms with Crippen molar-refractivity contribution in [3.8, 4) is 0 Å². The molecule has 0 fully saturated rings. The molecule has 0 aromatic heterocycles. The molecule has 1 aromatic rings. The van der Waals surface area contributed by atoms with E-state index in [-0.39, 0.29) is 0 Å². The van der Waals surface area contributed by atoms with Crippen molar-refractivity contribution in [2.24, 2.45) is 17.7 Å². The molecule has 20 heavy (non-hydrogen) atoms. The first-order chi connectivity index (χ1) is 9.61. The minimum atomic E-state index is 0.408. The molecule has 2 rings (SSSR count). The van der Waals surface area contributed by atoms with Gasteiger partial charge in [-0.3, -0.25) is 11.3 Å². The van der Waals surface area contributed by atoms with Crippen LogP contribution in [0.25, 0.3) is 0 Å². The molecule has 0 saturated heterocycles. The molecule has 0 saturated carbocycles. The molecule has 0 heterocycles. The minimum absolute atomic E-state index is 0.408. The predicted octanol–water partition coefficient (Wildman–Crippen LogP) is 4.01. The highest BCUT2D eigenvalue weighted by Gasteiger charge is 2.28. The van der Waals surface area contributed by atoms with Crippen molar-refractivity contribution in [1.82, 2.24) is 5.43 Å². The molecule has 0 radical (unpaired) electrons. The monoisotopic (exact) mass is 274 g/mol. The number of nitrogens with two attached hydrogens (primary N) is 1. The number of aryl methyl sites for hydroxylation is 1. The van der Waals surface area contributed by atoms with E-state index in [0.29, 0.717) is 12.0 Å². The summed E-state index contributed by atoms with van der Waals surface area (Å²) >= 11 is 0. The Labute approximate surface area is 124 Å². The number of hydrazine groups is 1. The van der Waals surface area contributed by atoms with E-state index in [1.54, 1.807) is 0 Å². The summed E-state index contributed by atoms with van der Waals surface area (Å²) in [6.45, 7) is 6.97. The van der Waals surface area contributed by atoms with E-state index in [1.165, 1.54) is 43.2 Å². The van der Waals surface area contributed by atoms with Gasteiger partial charge in [0.25, 0.3) is 0 Å². The Balaban J connectivity index is 2.08. The first-order valence-electron chi connectivity index (χ1n) is 8.15. The van der Waals surface area contributed by atoms with Crippen LogP contribution in [0.5, 0.6) is 0 Å². The van der Waals surface area contributed by atoms with Crippen molar-refractivity contribution < 1.29 is 0 Å². The maximum absolute atomic E-state index is 5.89. The van der Waals surface area contributed by atoms with Crippen LogP contribution in [-0.2, 0) is 6.42 Å². The molecular formula is C18H30N2. The molecule has 3 unspecified atom stereocenters. The normalized spacial score (nSPS) is 21.6. The summed E-state index contributed by atoms with van der Waals surface area (Å²) in [5.41, 5.74) is 6.17. The molecule has 3 atom stereocenters. The molecule has 112 valence electrons. The fourth-order valence-corrected chi connectivity index (χ4v) is 3.89. The van der Waals surface area contributed by atoms with Crippen LogP contribution in [-0.4, -0.2) is 6.04 Å². The fraction of sp³-hybridized carbons (Fsp3) is 0.667. The summed E-state index contributed by atoms with van der Waals surface area (Å²) in [5, 5.41) is 0. The zero-order chi connectivity index (χ0) is 14.5. The Morgan fingerprint density at radius 1 is 1.20 bits per heavy atom. The topological polar surface area (TPSA) is 38.0 Å². The average molecular weight is 274 g/mol. The van der Waals surface area contributed by atoms with Crippen molar-refractivity contribution in [2.45, 2.75) is 64.8 Å². The number of hydrogen-bond donors (Lipinski definition) is 2. The Hall–Kier alpha value is -0.860. The van der Waals surface area contributed by atoms with Gasteiger partial charge in [-0.1, -0.05) is 45.0 Å². The highest BCUT2D eigenvalue weighted by molar-refractivity contribution is 5.33. The molecule has 0 bridgehead atoms. The van der Waals surface area contributed by atoms with Crippen LogP contribution in [0.3, 0.4) is 0 Å². The highest BCUT2D eigenvalue weighted by Crippen LogP contribution is 2.36. The van der Waals surface area contributed by atoms with Gasteiger partial charge < -0.3 is 0 Å². The first-order valence-corrected chi connectivity index (χ1v) is 8.15. The summed E-state index contributed by atoms with van der Waals surface area (Å²) < 4.78 is 0. The summed E-state index contributed by atoms with van der Waals surface area (Å²) in [6.07, 6.45) is 6.24. The van der Waals surface area contributed by atoms with E-state index < -0.39 is 0 Å². The van der Waals surface area contributed by atoms with Gasteiger partial charge in [0.1, 0.15) is 0 Å². The molecule has 0 amide bonds. The van der Waals surface area contributed by atoms with Crippen LogP contribution in [0, 0.1) is 11.8 Å². The van der Waals surface area contributed by atoms with Gasteiger partial charge in [0.15, 0.2) is 0 Å². The Bertz CT molecular complexity index is 414. The van der Waals surface area contributed by atoms with E-state index in [4.69, 9.17) is 5.84 Å². The zero-order valence-corrected chi connectivity index (χ0v) is 13.2. The largest absolute Gasteiger partial charge is 0.271 e. The lowest BCUT2D eigenvalue weighted by molar-refractivity contribution is 0.307. The molecule has 3 N–H and O–H groups in total. The van der Waals surface area contributed by atoms with Crippen LogP contribution in [0.2, 0.25) is 0 Å². The number of hydrogen-bond acceptors (Lipinski definition) is 2. The molecule has 2 nitrogen and oxygen atoms in total. The highest BCUT2D eigenvalue weighted by atomic mass is 15.2. The van der Waals surface area contributed by atoms with Gasteiger partial charge >= 0.3 is 0 Å². The van der Waals surface area contributed by atoms with Crippen LogP contribution in [0.1, 0.15) is 63.5 Å². The van der Waals surface area contributed by atoms with Crippen molar-refractivity contribution in [3.05, 3.63) is 35.4 Å². The number of fused-ring (bicyclic) bond motifs is 1. The molecule has 0 spiro atoms. The smallest absolute Gasteiger partial charge is 0.0281 e. The van der Waals surface area contributed by atoms with E-state index in [0.717, 1.165) is 11.8 Å². The zero-order valence-electron chi connectivity index (χ0n) is 13.2. The second-order valence-corrected chi connectivity index (χ2v) is 6.94. The Morgan fingerprint density at radius 2 is 1.95 bits per heavy atom. The lowest BCUT2D eigenvalue weighted by Crippen LogP contribution is -2.42. The third-order valence-electron chi connectivity index (χ3n) is 4.65. The summed E-state index contributed by atoms with van der Waals surface area (Å²) in [7, 11) is 0. The molecular weight excluding hydrogens is 244 g/mol. The standard InChI is InChI=1S/C18H30N2/c1-13(2)11-14(3)12-18(20-19)17-10-6-8-15-7-4-5-9-16(15)17/h4-5,7,9,13-14,17-18,20H,6,8,10-12,19H2,1-3H3. The van der Waals surface area contributed by atoms with Gasteiger partial charge in [-0.2, -0.15) is 0 Å². The lowest BCUT2D eigenvalue weighted by Gasteiger charge is -2.33.